The van der Waals surface area contributed by atoms with Crippen LogP contribution in [-0.2, 0) is 11.3 Å². The third kappa shape index (κ3) is 2.54. The fourth-order valence-corrected chi connectivity index (χ4v) is 1.63. The lowest BCUT2D eigenvalue weighted by molar-refractivity contribution is 0.0602. The van der Waals surface area contributed by atoms with Crippen LogP contribution in [0.4, 0.5) is 14.6 Å². The van der Waals surface area contributed by atoms with Gasteiger partial charge in [0.2, 0.25) is 0 Å². The molecular formula is C12H11F2N3O2. The predicted octanol–water partition coefficient (Wildman–Crippen LogP) is 1.58. The Morgan fingerprint density at radius 2 is 2.21 bits per heavy atom. The fraction of sp³-hybridized carbons (Fsp3) is 0.167. The number of halogens is 2. The molecule has 0 atom stereocenters. The van der Waals surface area contributed by atoms with Crippen molar-refractivity contribution in [3.05, 3.63) is 47.2 Å². The summed E-state index contributed by atoms with van der Waals surface area (Å²) in [4.78, 5) is 11.3. The van der Waals surface area contributed by atoms with E-state index in [-0.39, 0.29) is 23.5 Å². The smallest absolute Gasteiger partial charge is 0.343 e. The van der Waals surface area contributed by atoms with E-state index in [0.29, 0.717) is 0 Å². The molecule has 0 bridgehead atoms. The summed E-state index contributed by atoms with van der Waals surface area (Å²) in [7, 11) is 1.21. The number of ether oxygens (including phenoxy) is 1. The molecular weight excluding hydrogens is 256 g/mol. The van der Waals surface area contributed by atoms with Crippen LogP contribution >= 0.6 is 0 Å². The van der Waals surface area contributed by atoms with Gasteiger partial charge >= 0.3 is 5.97 Å². The summed E-state index contributed by atoms with van der Waals surface area (Å²) in [5.41, 5.74) is 5.73. The number of aromatic nitrogens is 2. The van der Waals surface area contributed by atoms with Crippen LogP contribution in [0.2, 0.25) is 0 Å². The molecule has 0 amide bonds. The molecule has 0 aliphatic carbocycles. The van der Waals surface area contributed by atoms with Crippen molar-refractivity contribution in [1.82, 2.24) is 9.78 Å². The number of nitrogen functional groups attached to an aromatic ring is 1. The summed E-state index contributed by atoms with van der Waals surface area (Å²) in [5.74, 6) is -2.55. The Balaban J connectivity index is 2.29. The number of rotatable bonds is 3. The highest BCUT2D eigenvalue weighted by molar-refractivity contribution is 5.93. The lowest BCUT2D eigenvalue weighted by Gasteiger charge is -2.03. The number of methoxy groups -OCH3 is 1. The Bertz CT molecular complexity index is 625. The summed E-state index contributed by atoms with van der Waals surface area (Å²) in [6, 6.07) is 3.84. The van der Waals surface area contributed by atoms with Crippen LogP contribution in [0.25, 0.3) is 0 Å². The molecule has 2 aromatic rings. The molecule has 1 aromatic heterocycles. The van der Waals surface area contributed by atoms with E-state index in [1.54, 1.807) is 0 Å². The van der Waals surface area contributed by atoms with Crippen molar-refractivity contribution in [1.29, 1.82) is 0 Å². The van der Waals surface area contributed by atoms with Gasteiger partial charge in [-0.25, -0.2) is 13.6 Å². The average Bonchev–Trinajstić information content (AvgIpc) is 2.75. The molecule has 2 rings (SSSR count). The first-order chi connectivity index (χ1) is 9.02. The van der Waals surface area contributed by atoms with Gasteiger partial charge in [-0.05, 0) is 6.07 Å². The second-order valence-corrected chi connectivity index (χ2v) is 3.83. The minimum Gasteiger partial charge on any atom is -0.465 e. The van der Waals surface area contributed by atoms with Crippen LogP contribution in [0, 0.1) is 11.6 Å². The molecule has 0 fully saturated rings. The number of carbonyl (C=O) groups is 1. The average molecular weight is 267 g/mol. The van der Waals surface area contributed by atoms with Crippen LogP contribution in [-0.4, -0.2) is 22.9 Å². The lowest BCUT2D eigenvalue weighted by atomic mass is 10.2. The number of benzene rings is 1. The molecule has 0 radical (unpaired) electrons. The van der Waals surface area contributed by atoms with Gasteiger partial charge in [-0.15, -0.1) is 0 Å². The van der Waals surface area contributed by atoms with E-state index in [2.05, 4.69) is 9.84 Å². The fourth-order valence-electron chi connectivity index (χ4n) is 1.63. The molecule has 0 aliphatic rings. The normalized spacial score (nSPS) is 10.5. The molecule has 0 unspecified atom stereocenters. The molecule has 0 saturated heterocycles. The lowest BCUT2D eigenvalue weighted by Crippen LogP contribution is -2.04. The van der Waals surface area contributed by atoms with Gasteiger partial charge in [-0.3, -0.25) is 4.68 Å². The second kappa shape index (κ2) is 5.05. The molecule has 0 aliphatic heterocycles. The zero-order chi connectivity index (χ0) is 14.0. The van der Waals surface area contributed by atoms with Crippen molar-refractivity contribution in [3.8, 4) is 0 Å². The topological polar surface area (TPSA) is 70.1 Å². The van der Waals surface area contributed by atoms with E-state index < -0.39 is 17.6 Å². The monoisotopic (exact) mass is 267 g/mol. The van der Waals surface area contributed by atoms with E-state index in [0.717, 1.165) is 6.07 Å². The van der Waals surface area contributed by atoms with E-state index >= 15 is 0 Å². The highest BCUT2D eigenvalue weighted by Gasteiger charge is 2.16. The molecule has 100 valence electrons. The minimum absolute atomic E-state index is 0.0244. The van der Waals surface area contributed by atoms with E-state index in [1.165, 1.54) is 30.1 Å². The highest BCUT2D eigenvalue weighted by Crippen LogP contribution is 2.15. The number of nitrogens with zero attached hydrogens (tertiary/aromatic N) is 2. The van der Waals surface area contributed by atoms with Gasteiger partial charge in [0, 0.05) is 11.8 Å². The van der Waals surface area contributed by atoms with Crippen molar-refractivity contribution in [2.24, 2.45) is 0 Å². The number of hydrogen-bond donors (Lipinski definition) is 1. The standard InChI is InChI=1S/C12H11F2N3O2/c1-19-12(18)8-6-17(16-11(8)15)5-7-3-2-4-9(13)10(7)14/h2-4,6H,5H2,1H3,(H2,15,16). The maximum absolute atomic E-state index is 13.5. The van der Waals surface area contributed by atoms with Gasteiger partial charge < -0.3 is 10.5 Å². The number of carbonyl (C=O) groups excluding carboxylic acids is 1. The largest absolute Gasteiger partial charge is 0.465 e. The third-order valence-electron chi connectivity index (χ3n) is 2.56. The Morgan fingerprint density at radius 1 is 1.47 bits per heavy atom. The van der Waals surface area contributed by atoms with Gasteiger partial charge in [-0.2, -0.15) is 5.10 Å². The van der Waals surface area contributed by atoms with Crippen molar-refractivity contribution >= 4 is 11.8 Å². The number of esters is 1. The molecule has 1 aromatic carbocycles. The first-order valence-electron chi connectivity index (χ1n) is 5.37. The van der Waals surface area contributed by atoms with Crippen molar-refractivity contribution < 1.29 is 18.3 Å². The highest BCUT2D eigenvalue weighted by atomic mass is 19.2. The van der Waals surface area contributed by atoms with Crippen LogP contribution in [0.5, 0.6) is 0 Å². The van der Waals surface area contributed by atoms with Crippen molar-refractivity contribution in [2.75, 3.05) is 12.8 Å². The van der Waals surface area contributed by atoms with Gasteiger partial charge in [0.05, 0.1) is 13.7 Å². The quantitative estimate of drug-likeness (QED) is 0.857. The molecule has 0 saturated carbocycles. The summed E-state index contributed by atoms with van der Waals surface area (Å²) in [5, 5.41) is 3.85. The number of anilines is 1. The van der Waals surface area contributed by atoms with Gasteiger partial charge in [0.15, 0.2) is 17.5 Å². The Hall–Kier alpha value is -2.44. The molecule has 0 spiro atoms. The zero-order valence-electron chi connectivity index (χ0n) is 10.1. The minimum atomic E-state index is -0.948. The zero-order valence-corrected chi connectivity index (χ0v) is 10.1. The Labute approximate surface area is 107 Å². The van der Waals surface area contributed by atoms with Crippen LogP contribution < -0.4 is 5.73 Å². The molecule has 7 heteroatoms. The maximum Gasteiger partial charge on any atom is 0.343 e. The van der Waals surface area contributed by atoms with Crippen molar-refractivity contribution in [2.45, 2.75) is 6.54 Å². The van der Waals surface area contributed by atoms with Crippen LogP contribution in [0.3, 0.4) is 0 Å². The van der Waals surface area contributed by atoms with Crippen LogP contribution in [0.1, 0.15) is 15.9 Å². The summed E-state index contributed by atoms with van der Waals surface area (Å²) in [6.45, 7) is -0.0369. The van der Waals surface area contributed by atoms with Crippen molar-refractivity contribution in [3.63, 3.8) is 0 Å². The maximum atomic E-state index is 13.5. The molecule has 5 nitrogen and oxygen atoms in total. The van der Waals surface area contributed by atoms with Gasteiger partial charge in [0.1, 0.15) is 5.56 Å². The summed E-state index contributed by atoms with van der Waals surface area (Å²) < 4.78 is 32.3. The van der Waals surface area contributed by atoms with Gasteiger partial charge in [0.25, 0.3) is 0 Å². The molecule has 1 heterocycles. The Kier molecular flexibility index (Phi) is 3.46. The van der Waals surface area contributed by atoms with E-state index in [4.69, 9.17) is 5.73 Å². The SMILES string of the molecule is COC(=O)c1cn(Cc2cccc(F)c2F)nc1N. The second-order valence-electron chi connectivity index (χ2n) is 3.83. The van der Waals surface area contributed by atoms with E-state index in [1.807, 2.05) is 0 Å². The number of nitrogens with two attached hydrogens (primary N) is 1. The third-order valence-corrected chi connectivity index (χ3v) is 2.56. The number of hydrogen-bond acceptors (Lipinski definition) is 4. The van der Waals surface area contributed by atoms with Crippen LogP contribution in [0.15, 0.2) is 24.4 Å². The van der Waals surface area contributed by atoms with E-state index in [9.17, 15) is 13.6 Å². The summed E-state index contributed by atoms with van der Waals surface area (Å²) >= 11 is 0. The summed E-state index contributed by atoms with van der Waals surface area (Å²) in [6.07, 6.45) is 1.32. The Morgan fingerprint density at radius 3 is 2.89 bits per heavy atom. The predicted molar refractivity (Wildman–Crippen MR) is 63.4 cm³/mol. The molecule has 2 N–H and O–H groups in total. The first kappa shape index (κ1) is 13.0. The first-order valence-corrected chi connectivity index (χ1v) is 5.37. The van der Waals surface area contributed by atoms with Gasteiger partial charge in [-0.1, -0.05) is 12.1 Å². The molecule has 19 heavy (non-hydrogen) atoms.